The average Bonchev–Trinajstić information content (AvgIpc) is 4.03. The summed E-state index contributed by atoms with van der Waals surface area (Å²) in [7, 11) is -0.543. The van der Waals surface area contributed by atoms with Crippen LogP contribution in [0, 0.1) is 0 Å². The zero-order valence-electron chi connectivity index (χ0n) is 34.3. The van der Waals surface area contributed by atoms with Crippen LogP contribution in [0.15, 0.2) is 109 Å². The number of nitrogens with one attached hydrogen (secondary N) is 1. The molecule has 2 aliphatic rings. The minimum atomic E-state index is -3.55. The van der Waals surface area contributed by atoms with Crippen LogP contribution in [0.4, 0.5) is 0 Å². The van der Waals surface area contributed by atoms with E-state index in [1.807, 2.05) is 72.8 Å². The molecule has 0 spiro atoms. The first-order valence-corrected chi connectivity index (χ1v) is 22.6. The molecule has 0 amide bonds. The molecule has 58 heavy (non-hydrogen) atoms. The van der Waals surface area contributed by atoms with Crippen molar-refractivity contribution in [2.75, 3.05) is 66.9 Å². The number of hydrogen-bond donors (Lipinski definition) is 1. The molecule has 4 aromatic carbocycles. The lowest BCUT2D eigenvalue weighted by atomic mass is 10.2. The molecule has 0 radical (unpaired) electrons. The van der Waals surface area contributed by atoms with Crippen molar-refractivity contribution in [3.8, 4) is 23.0 Å². The minimum Gasteiger partial charge on any atom is -0.497 e. The molecule has 0 aliphatic carbocycles. The summed E-state index contributed by atoms with van der Waals surface area (Å²) in [6.45, 7) is 9.67. The Hall–Kier alpha value is -4.44. The van der Waals surface area contributed by atoms with Gasteiger partial charge in [-0.25, -0.2) is 16.8 Å². The van der Waals surface area contributed by atoms with Crippen LogP contribution in [0.25, 0.3) is 0 Å². The second kappa shape index (κ2) is 23.8. The molecular formula is C44H60N4O8S2. The Morgan fingerprint density at radius 1 is 0.552 bits per heavy atom. The van der Waals surface area contributed by atoms with Crippen molar-refractivity contribution in [2.24, 2.45) is 0 Å². The third kappa shape index (κ3) is 15.4. The number of nitrogens with zero attached hydrogens (tertiary/aromatic N) is 3. The fourth-order valence-electron chi connectivity index (χ4n) is 6.34. The molecule has 6 rings (SSSR count). The molecule has 2 aliphatic heterocycles. The van der Waals surface area contributed by atoms with Gasteiger partial charge in [0.15, 0.2) is 0 Å². The highest BCUT2D eigenvalue weighted by Crippen LogP contribution is 2.22. The maximum absolute atomic E-state index is 13.2. The fraction of sp³-hybridized carbons (Fsp3) is 0.409. The minimum absolute atomic E-state index is 0.138. The molecule has 2 heterocycles. The Bertz CT molecular complexity index is 1900. The highest BCUT2D eigenvalue weighted by molar-refractivity contribution is 7.92. The number of sulfonamides is 2. The standard InChI is InChI=1S/C22H30N2O4S.C18H21NO4S.C4H9N/c1-27-21-9-5-19(6-10-21)17-24(18-20-7-11-22(28-2)12-8-20)29(25,26)16-15-23-13-3-4-14-23;1-4-24(20,21)19(13-15-5-9-17(22-2)10-6-15)14-16-7-11-18(23-3)12-8-16;1-2-4-5-3-1/h5-12H,3-4,13-18H2,1-2H3;4-12H,1,13-14H2,2-3H3;5H,1-4H2. The molecule has 2 fully saturated rings. The molecule has 0 bridgehead atoms. The Labute approximate surface area is 346 Å². The van der Waals surface area contributed by atoms with E-state index in [0.717, 1.165) is 76.6 Å². The van der Waals surface area contributed by atoms with Gasteiger partial charge in [0.1, 0.15) is 23.0 Å². The molecule has 0 saturated carbocycles. The van der Waals surface area contributed by atoms with Crippen molar-refractivity contribution >= 4 is 20.0 Å². The summed E-state index contributed by atoms with van der Waals surface area (Å²) >= 11 is 0. The molecule has 1 N–H and O–H groups in total. The van der Waals surface area contributed by atoms with Gasteiger partial charge in [-0.3, -0.25) is 0 Å². The van der Waals surface area contributed by atoms with Crippen molar-refractivity contribution in [1.29, 1.82) is 0 Å². The molecule has 316 valence electrons. The SMILES string of the molecule is C1CCNC1.C=CS(=O)(=O)N(Cc1ccc(OC)cc1)Cc1ccc(OC)cc1.COc1ccc(CN(Cc2ccc(OC)cc2)S(=O)(=O)CCN2CCCC2)cc1. The zero-order valence-corrected chi connectivity index (χ0v) is 36.0. The second-order valence-electron chi connectivity index (χ2n) is 14.0. The number of benzene rings is 4. The van der Waals surface area contributed by atoms with Gasteiger partial charge in [0.2, 0.25) is 20.0 Å². The van der Waals surface area contributed by atoms with E-state index in [2.05, 4.69) is 16.8 Å². The normalized spacial score (nSPS) is 14.2. The van der Waals surface area contributed by atoms with Crippen LogP contribution in [0.2, 0.25) is 0 Å². The van der Waals surface area contributed by atoms with E-state index < -0.39 is 20.0 Å². The van der Waals surface area contributed by atoms with Crippen molar-refractivity contribution in [1.82, 2.24) is 18.8 Å². The summed E-state index contributed by atoms with van der Waals surface area (Å²) in [6, 6.07) is 29.7. The van der Waals surface area contributed by atoms with Gasteiger partial charge in [-0.05, 0) is 123 Å². The largest absolute Gasteiger partial charge is 0.497 e. The summed E-state index contributed by atoms with van der Waals surface area (Å²) in [4.78, 5) is 2.23. The van der Waals surface area contributed by atoms with E-state index in [9.17, 15) is 16.8 Å². The zero-order chi connectivity index (χ0) is 41.8. The lowest BCUT2D eigenvalue weighted by Gasteiger charge is -2.24. The van der Waals surface area contributed by atoms with Crippen LogP contribution in [-0.2, 0) is 46.2 Å². The molecule has 14 heteroatoms. The van der Waals surface area contributed by atoms with Gasteiger partial charge in [-0.2, -0.15) is 8.61 Å². The van der Waals surface area contributed by atoms with Crippen LogP contribution < -0.4 is 24.3 Å². The van der Waals surface area contributed by atoms with E-state index in [0.29, 0.717) is 19.6 Å². The lowest BCUT2D eigenvalue weighted by molar-refractivity contribution is 0.349. The highest BCUT2D eigenvalue weighted by Gasteiger charge is 2.25. The van der Waals surface area contributed by atoms with Crippen molar-refractivity contribution < 1.29 is 35.8 Å². The van der Waals surface area contributed by atoms with E-state index in [1.54, 1.807) is 57.0 Å². The summed E-state index contributed by atoms with van der Waals surface area (Å²) < 4.78 is 74.6. The number of hydrogen-bond acceptors (Lipinski definition) is 10. The fourth-order valence-corrected chi connectivity index (χ4v) is 8.64. The van der Waals surface area contributed by atoms with E-state index >= 15 is 0 Å². The van der Waals surface area contributed by atoms with Gasteiger partial charge in [-0.15, -0.1) is 0 Å². The van der Waals surface area contributed by atoms with Gasteiger partial charge < -0.3 is 29.2 Å². The topological polar surface area (TPSA) is 127 Å². The number of likely N-dealkylation sites (tertiary alicyclic amines) is 1. The van der Waals surface area contributed by atoms with Gasteiger partial charge in [-0.1, -0.05) is 55.1 Å². The number of rotatable bonds is 18. The molecule has 0 unspecified atom stereocenters. The highest BCUT2D eigenvalue weighted by atomic mass is 32.2. The van der Waals surface area contributed by atoms with E-state index in [-0.39, 0.29) is 18.8 Å². The quantitative estimate of drug-likeness (QED) is 0.116. The number of ether oxygens (including phenoxy) is 4. The van der Waals surface area contributed by atoms with Crippen molar-refractivity contribution in [2.45, 2.75) is 51.9 Å². The Kier molecular flexibility index (Phi) is 19.0. The monoisotopic (exact) mass is 836 g/mol. The van der Waals surface area contributed by atoms with Crippen LogP contribution in [0.3, 0.4) is 0 Å². The van der Waals surface area contributed by atoms with Gasteiger partial charge in [0, 0.05) is 38.1 Å². The summed E-state index contributed by atoms with van der Waals surface area (Å²) in [5, 5.41) is 4.19. The molecule has 0 atom stereocenters. The summed E-state index contributed by atoms with van der Waals surface area (Å²) in [5.74, 6) is 3.11. The van der Waals surface area contributed by atoms with E-state index in [4.69, 9.17) is 18.9 Å². The average molecular weight is 837 g/mol. The molecule has 2 saturated heterocycles. The summed E-state index contributed by atoms with van der Waals surface area (Å²) in [5.41, 5.74) is 3.61. The molecule has 0 aromatic heterocycles. The maximum Gasteiger partial charge on any atom is 0.236 e. The third-order valence-electron chi connectivity index (χ3n) is 9.86. The van der Waals surface area contributed by atoms with Crippen LogP contribution in [-0.4, -0.2) is 97.3 Å². The Morgan fingerprint density at radius 3 is 1.16 bits per heavy atom. The number of methoxy groups -OCH3 is 4. The summed E-state index contributed by atoms with van der Waals surface area (Å²) in [6.07, 6.45) is 5.09. The van der Waals surface area contributed by atoms with Crippen LogP contribution in [0.5, 0.6) is 23.0 Å². The van der Waals surface area contributed by atoms with Gasteiger partial charge in [0.25, 0.3) is 0 Å². The predicted octanol–water partition coefficient (Wildman–Crippen LogP) is 6.68. The van der Waals surface area contributed by atoms with Crippen molar-refractivity contribution in [3.63, 3.8) is 0 Å². The predicted molar refractivity (Wildman–Crippen MR) is 231 cm³/mol. The molecular weight excluding hydrogens is 777 g/mol. The van der Waals surface area contributed by atoms with Gasteiger partial charge in [0.05, 0.1) is 34.2 Å². The first-order chi connectivity index (χ1) is 28.0. The first kappa shape index (κ1) is 46.3. The molecule has 4 aromatic rings. The first-order valence-electron chi connectivity index (χ1n) is 19.5. The third-order valence-corrected chi connectivity index (χ3v) is 13.0. The van der Waals surface area contributed by atoms with Crippen molar-refractivity contribution in [3.05, 3.63) is 131 Å². The van der Waals surface area contributed by atoms with E-state index in [1.165, 1.54) is 30.2 Å². The Balaban J connectivity index is 0.000000232. The van der Waals surface area contributed by atoms with Crippen LogP contribution in [0.1, 0.15) is 47.9 Å². The van der Waals surface area contributed by atoms with Gasteiger partial charge >= 0.3 is 0 Å². The van der Waals surface area contributed by atoms with Crippen LogP contribution >= 0.6 is 0 Å². The Morgan fingerprint density at radius 2 is 0.879 bits per heavy atom. The lowest BCUT2D eigenvalue weighted by Crippen LogP contribution is -2.36. The second-order valence-corrected chi connectivity index (χ2v) is 17.9. The smallest absolute Gasteiger partial charge is 0.236 e. The molecule has 12 nitrogen and oxygen atoms in total. The maximum atomic E-state index is 13.2.